The van der Waals surface area contributed by atoms with Gasteiger partial charge >= 0.3 is 0 Å². The van der Waals surface area contributed by atoms with E-state index in [4.69, 9.17) is 0 Å². The average Bonchev–Trinajstić information content (AvgIpc) is 3.39. The first-order valence-corrected chi connectivity index (χ1v) is 10.5. The molecule has 4 heterocycles. The van der Waals surface area contributed by atoms with Gasteiger partial charge in [0, 0.05) is 23.3 Å². The van der Waals surface area contributed by atoms with Crippen LogP contribution >= 0.6 is 0 Å². The summed E-state index contributed by atoms with van der Waals surface area (Å²) in [6.45, 7) is 6.75. The van der Waals surface area contributed by atoms with Crippen LogP contribution in [0.5, 0.6) is 0 Å². The number of likely N-dealkylation sites (tertiary alicyclic amines) is 1. The van der Waals surface area contributed by atoms with Gasteiger partial charge in [-0.15, -0.1) is 0 Å². The van der Waals surface area contributed by atoms with Crippen molar-refractivity contribution in [1.82, 2.24) is 9.80 Å². The number of anilines is 1. The van der Waals surface area contributed by atoms with Gasteiger partial charge in [0.05, 0.1) is 11.8 Å². The molecule has 28 heavy (non-hydrogen) atoms. The van der Waals surface area contributed by atoms with Crippen LogP contribution < -0.4 is 5.32 Å². The number of benzene rings is 1. The molecule has 4 aliphatic rings. The molecule has 0 radical (unpaired) electrons. The van der Waals surface area contributed by atoms with Gasteiger partial charge in [-0.05, 0) is 50.8 Å². The van der Waals surface area contributed by atoms with Gasteiger partial charge in [-0.2, -0.15) is 0 Å². The predicted octanol–water partition coefficient (Wildman–Crippen LogP) is 2.27. The first-order valence-electron chi connectivity index (χ1n) is 10.5. The quantitative estimate of drug-likeness (QED) is 0.816. The van der Waals surface area contributed by atoms with Crippen molar-refractivity contribution in [2.45, 2.75) is 64.1 Å². The van der Waals surface area contributed by atoms with Crippen LogP contribution in [0.4, 0.5) is 5.69 Å². The van der Waals surface area contributed by atoms with Crippen molar-refractivity contribution in [1.29, 1.82) is 0 Å². The normalized spacial score (nSPS) is 34.8. The molecule has 5 unspecified atom stereocenters. The van der Waals surface area contributed by atoms with Crippen molar-refractivity contribution in [3.05, 3.63) is 29.3 Å². The summed E-state index contributed by atoms with van der Waals surface area (Å²) < 4.78 is 0. The standard InChI is InChI=1S/C22H27N3O3/c1-4-12(3)25-19(26)17-16-7-6-10-24(16)22(18(17)20(25)27)14-11-13(5-2)8-9-15(14)23-21(22)28/h8-9,11-12,16-18H,4-7,10H2,1-3H3,(H,23,28). The fourth-order valence-corrected chi connectivity index (χ4v) is 6.11. The summed E-state index contributed by atoms with van der Waals surface area (Å²) in [6.07, 6.45) is 3.41. The summed E-state index contributed by atoms with van der Waals surface area (Å²) in [5.41, 5.74) is 1.78. The fraction of sp³-hybridized carbons (Fsp3) is 0.591. The van der Waals surface area contributed by atoms with Crippen LogP contribution in [0.25, 0.3) is 0 Å². The van der Waals surface area contributed by atoms with Crippen LogP contribution in [-0.2, 0) is 26.3 Å². The van der Waals surface area contributed by atoms with Gasteiger partial charge in [0.25, 0.3) is 0 Å². The summed E-state index contributed by atoms with van der Waals surface area (Å²) in [6, 6.07) is 5.89. The Labute approximate surface area is 165 Å². The second-order valence-electron chi connectivity index (χ2n) is 8.66. The Morgan fingerprint density at radius 2 is 2.00 bits per heavy atom. The van der Waals surface area contributed by atoms with Crippen molar-refractivity contribution in [2.24, 2.45) is 11.8 Å². The van der Waals surface area contributed by atoms with E-state index < -0.39 is 17.4 Å². The molecule has 5 rings (SSSR count). The van der Waals surface area contributed by atoms with Crippen LogP contribution in [-0.4, -0.2) is 46.1 Å². The average molecular weight is 381 g/mol. The third-order valence-electron chi connectivity index (χ3n) is 7.53. The molecule has 1 spiro atoms. The van der Waals surface area contributed by atoms with E-state index in [-0.39, 0.29) is 29.8 Å². The molecule has 0 bridgehead atoms. The number of hydrogen-bond acceptors (Lipinski definition) is 4. The zero-order valence-corrected chi connectivity index (χ0v) is 16.7. The first-order chi connectivity index (χ1) is 13.5. The summed E-state index contributed by atoms with van der Waals surface area (Å²) in [4.78, 5) is 44.1. The molecule has 148 valence electrons. The number of carbonyl (C=O) groups excluding carboxylic acids is 3. The Morgan fingerprint density at radius 1 is 1.21 bits per heavy atom. The number of fused-ring (bicyclic) bond motifs is 7. The van der Waals surface area contributed by atoms with E-state index in [0.29, 0.717) is 0 Å². The summed E-state index contributed by atoms with van der Waals surface area (Å²) in [7, 11) is 0. The van der Waals surface area contributed by atoms with E-state index in [9.17, 15) is 14.4 Å². The molecule has 4 aliphatic heterocycles. The Morgan fingerprint density at radius 3 is 2.71 bits per heavy atom. The number of nitrogens with one attached hydrogen (secondary N) is 1. The second-order valence-corrected chi connectivity index (χ2v) is 8.66. The molecule has 5 atom stereocenters. The van der Waals surface area contributed by atoms with Gasteiger partial charge in [-0.25, -0.2) is 0 Å². The Kier molecular flexibility index (Phi) is 3.76. The van der Waals surface area contributed by atoms with Crippen LogP contribution in [0, 0.1) is 11.8 Å². The first kappa shape index (κ1) is 17.9. The van der Waals surface area contributed by atoms with E-state index >= 15 is 0 Å². The lowest BCUT2D eigenvalue weighted by Crippen LogP contribution is -2.54. The zero-order chi connectivity index (χ0) is 19.8. The Hall–Kier alpha value is -2.21. The monoisotopic (exact) mass is 381 g/mol. The summed E-state index contributed by atoms with van der Waals surface area (Å²) >= 11 is 0. The highest BCUT2D eigenvalue weighted by atomic mass is 16.2. The van der Waals surface area contributed by atoms with E-state index in [1.54, 1.807) is 0 Å². The van der Waals surface area contributed by atoms with Crippen molar-refractivity contribution < 1.29 is 14.4 Å². The van der Waals surface area contributed by atoms with Crippen LogP contribution in [0.15, 0.2) is 18.2 Å². The van der Waals surface area contributed by atoms with E-state index in [1.807, 2.05) is 26.0 Å². The number of rotatable bonds is 3. The van der Waals surface area contributed by atoms with Crippen molar-refractivity contribution in [3.8, 4) is 0 Å². The van der Waals surface area contributed by atoms with Gasteiger partial charge in [0.15, 0.2) is 0 Å². The molecule has 6 heteroatoms. The van der Waals surface area contributed by atoms with Crippen molar-refractivity contribution in [2.75, 3.05) is 11.9 Å². The predicted molar refractivity (Wildman–Crippen MR) is 104 cm³/mol. The third kappa shape index (κ3) is 1.89. The van der Waals surface area contributed by atoms with Crippen LogP contribution in [0.1, 0.15) is 51.2 Å². The number of aryl methyl sites for hydroxylation is 1. The van der Waals surface area contributed by atoms with Gasteiger partial charge < -0.3 is 5.32 Å². The maximum atomic E-state index is 13.6. The summed E-state index contributed by atoms with van der Waals surface area (Å²) in [5.74, 6) is -1.41. The number of nitrogens with zero attached hydrogens (tertiary/aromatic N) is 2. The number of carbonyl (C=O) groups is 3. The lowest BCUT2D eigenvalue weighted by atomic mass is 9.75. The summed E-state index contributed by atoms with van der Waals surface area (Å²) in [5, 5.41) is 3.04. The Balaban J connectivity index is 1.73. The zero-order valence-electron chi connectivity index (χ0n) is 16.7. The van der Waals surface area contributed by atoms with Crippen molar-refractivity contribution in [3.63, 3.8) is 0 Å². The SMILES string of the molecule is CCc1ccc2c(c1)C1(C(=O)N2)C2C(=O)N(C(C)CC)C(=O)C2C2CCCN21. The number of hydrogen-bond donors (Lipinski definition) is 1. The van der Waals surface area contributed by atoms with E-state index in [1.165, 1.54) is 4.90 Å². The maximum Gasteiger partial charge on any atom is 0.250 e. The topological polar surface area (TPSA) is 69.7 Å². The van der Waals surface area contributed by atoms with E-state index in [2.05, 4.69) is 23.2 Å². The molecule has 3 amide bonds. The molecule has 0 aliphatic carbocycles. The maximum absolute atomic E-state index is 13.6. The molecular formula is C22H27N3O3. The van der Waals surface area contributed by atoms with Crippen LogP contribution in [0.3, 0.4) is 0 Å². The van der Waals surface area contributed by atoms with Gasteiger partial charge in [-0.3, -0.25) is 24.2 Å². The highest BCUT2D eigenvalue weighted by molar-refractivity contribution is 6.15. The molecule has 0 saturated carbocycles. The molecule has 3 saturated heterocycles. The Bertz CT molecular complexity index is 897. The fourth-order valence-electron chi connectivity index (χ4n) is 6.11. The molecule has 6 nitrogen and oxygen atoms in total. The smallest absolute Gasteiger partial charge is 0.250 e. The minimum atomic E-state index is -1.04. The molecular weight excluding hydrogens is 354 g/mol. The van der Waals surface area contributed by atoms with Crippen LogP contribution in [0.2, 0.25) is 0 Å². The second kappa shape index (κ2) is 5.89. The third-order valence-corrected chi connectivity index (χ3v) is 7.53. The molecule has 1 aromatic rings. The highest BCUT2D eigenvalue weighted by Gasteiger charge is 2.74. The minimum Gasteiger partial charge on any atom is -0.324 e. The largest absolute Gasteiger partial charge is 0.324 e. The van der Waals surface area contributed by atoms with Crippen molar-refractivity contribution >= 4 is 23.4 Å². The van der Waals surface area contributed by atoms with E-state index in [0.717, 1.165) is 49.0 Å². The van der Waals surface area contributed by atoms with Gasteiger partial charge in [0.1, 0.15) is 5.54 Å². The lowest BCUT2D eigenvalue weighted by molar-refractivity contribution is -0.147. The highest BCUT2D eigenvalue weighted by Crippen LogP contribution is 2.60. The number of amides is 3. The number of imide groups is 1. The minimum absolute atomic E-state index is 0.0301. The lowest BCUT2D eigenvalue weighted by Gasteiger charge is -2.37. The molecule has 3 fully saturated rings. The molecule has 1 N–H and O–H groups in total. The molecule has 1 aromatic carbocycles. The van der Waals surface area contributed by atoms with Gasteiger partial charge in [0.2, 0.25) is 17.7 Å². The molecule has 0 aromatic heterocycles. The van der Waals surface area contributed by atoms with Gasteiger partial charge in [-0.1, -0.05) is 26.0 Å².